The van der Waals surface area contributed by atoms with Gasteiger partial charge in [-0.3, -0.25) is 14.4 Å². The molecule has 0 radical (unpaired) electrons. The van der Waals surface area contributed by atoms with Gasteiger partial charge in [0.15, 0.2) is 0 Å². The number of benzene rings is 1. The maximum Gasteiger partial charge on any atom is 0.471 e. The van der Waals surface area contributed by atoms with Crippen LogP contribution in [0, 0.1) is 17.7 Å². The monoisotopic (exact) mass is 676 g/mol. The molecule has 0 bridgehead atoms. The molecular formula is C32H42F6N4O5. The second-order valence-corrected chi connectivity index (χ2v) is 13.3. The third-order valence-electron chi connectivity index (χ3n) is 8.52. The minimum absolute atomic E-state index is 0.0263. The standard InChI is InChI=1S/C32H42F6N4O5/c1-17-6-8-19(9-7-17)25(41-30(46)47-31(3,4)5)27(43)39-23-11-10-21(16-22(23)33)18(2)24(40-29(45)32(36,37)38)28(44)42-14-12-20(13-15-42)26(34)35/h10-11,16-19,24-25H,6-9,12-15H2,1-5H3,(H,39,43)(H,40,45)(H,41,46)/t17?,18-,19?,24+,25-/m0/s1. The van der Waals surface area contributed by atoms with E-state index in [1.165, 1.54) is 19.1 Å². The molecule has 1 saturated carbocycles. The third-order valence-corrected chi connectivity index (χ3v) is 8.52. The van der Waals surface area contributed by atoms with Crippen molar-refractivity contribution in [3.05, 3.63) is 41.2 Å². The molecule has 3 atom stereocenters. The van der Waals surface area contributed by atoms with Crippen molar-refractivity contribution in [2.75, 3.05) is 18.4 Å². The molecule has 0 aromatic heterocycles. The number of halogens is 6. The first-order chi connectivity index (χ1) is 21.8. The number of alkyl halides is 3. The molecule has 0 spiro atoms. The number of likely N-dealkylation sites (tertiary alicyclic amines) is 1. The smallest absolute Gasteiger partial charge is 0.444 e. The van der Waals surface area contributed by atoms with Gasteiger partial charge < -0.3 is 25.6 Å². The van der Waals surface area contributed by atoms with Gasteiger partial charge in [0.05, 0.1) is 5.69 Å². The molecule has 2 aliphatic rings. The summed E-state index contributed by atoms with van der Waals surface area (Å²) in [5, 5.41) is 6.77. The fourth-order valence-corrected chi connectivity index (χ4v) is 5.78. The number of carbonyl (C=O) groups excluding carboxylic acids is 4. The lowest BCUT2D eigenvalue weighted by molar-refractivity contribution is -0.175. The maximum absolute atomic E-state index is 15.4. The number of alkyl carbamates (subject to hydrolysis) is 1. The fourth-order valence-electron chi connectivity index (χ4n) is 5.78. The molecule has 0 unspecified atom stereocenters. The van der Waals surface area contributed by atoms with Crippen molar-refractivity contribution in [3.8, 4) is 0 Å². The first kappa shape index (κ1) is 37.7. The Labute approximate surface area is 269 Å². The average Bonchev–Trinajstić information content (AvgIpc) is 2.98. The minimum Gasteiger partial charge on any atom is -0.444 e. The summed E-state index contributed by atoms with van der Waals surface area (Å²) in [4.78, 5) is 52.3. The molecule has 1 aliphatic heterocycles. The first-order valence-electron chi connectivity index (χ1n) is 15.6. The number of anilines is 1. The number of nitrogens with zero attached hydrogens (tertiary/aromatic N) is 1. The Hall–Kier alpha value is -3.78. The van der Waals surface area contributed by atoms with Crippen LogP contribution >= 0.6 is 0 Å². The van der Waals surface area contributed by atoms with Crippen LogP contribution in [-0.2, 0) is 19.1 Å². The van der Waals surface area contributed by atoms with E-state index in [1.54, 1.807) is 26.1 Å². The Morgan fingerprint density at radius 1 is 0.957 bits per heavy atom. The molecule has 262 valence electrons. The van der Waals surface area contributed by atoms with Gasteiger partial charge in [-0.1, -0.05) is 32.8 Å². The minimum atomic E-state index is -5.33. The van der Waals surface area contributed by atoms with Crippen molar-refractivity contribution in [3.63, 3.8) is 0 Å². The predicted molar refractivity (Wildman–Crippen MR) is 161 cm³/mol. The molecule has 3 N–H and O–H groups in total. The van der Waals surface area contributed by atoms with Gasteiger partial charge >= 0.3 is 18.2 Å². The van der Waals surface area contributed by atoms with E-state index in [1.807, 2.05) is 0 Å². The fraction of sp³-hybridized carbons (Fsp3) is 0.625. The normalized spacial score (nSPS) is 20.8. The lowest BCUT2D eigenvalue weighted by atomic mass is 9.79. The summed E-state index contributed by atoms with van der Waals surface area (Å²) >= 11 is 0. The van der Waals surface area contributed by atoms with Crippen molar-refractivity contribution < 1.29 is 50.3 Å². The first-order valence-corrected chi connectivity index (χ1v) is 15.6. The SMILES string of the molecule is CC1CCC([C@H](NC(=O)OC(C)(C)C)C(=O)Nc2ccc([C@H](C)[C@@H](NC(=O)C(F)(F)F)C(=O)N3CCC(=C(F)F)CC3)cc2F)CC1. The van der Waals surface area contributed by atoms with Crippen LogP contribution in [0.2, 0.25) is 0 Å². The zero-order valence-corrected chi connectivity index (χ0v) is 27.0. The highest BCUT2D eigenvalue weighted by Crippen LogP contribution is 2.32. The van der Waals surface area contributed by atoms with Crippen molar-refractivity contribution in [1.82, 2.24) is 15.5 Å². The Morgan fingerprint density at radius 3 is 2.06 bits per heavy atom. The van der Waals surface area contributed by atoms with Gasteiger partial charge in [-0.25, -0.2) is 9.18 Å². The van der Waals surface area contributed by atoms with Crippen molar-refractivity contribution in [1.29, 1.82) is 0 Å². The van der Waals surface area contributed by atoms with Gasteiger partial charge in [-0.05, 0) is 81.6 Å². The van der Waals surface area contributed by atoms with Crippen LogP contribution in [0.5, 0.6) is 0 Å². The highest BCUT2D eigenvalue weighted by molar-refractivity contribution is 5.97. The lowest BCUT2D eigenvalue weighted by Crippen LogP contribution is -2.54. The number of rotatable bonds is 8. The summed E-state index contributed by atoms with van der Waals surface area (Å²) in [6, 6.07) is 0.537. The number of carbonyl (C=O) groups is 4. The number of ether oxygens (including phenoxy) is 1. The third kappa shape index (κ3) is 10.6. The van der Waals surface area contributed by atoms with E-state index in [-0.39, 0.29) is 48.7 Å². The van der Waals surface area contributed by atoms with Gasteiger partial charge in [-0.15, -0.1) is 0 Å². The van der Waals surface area contributed by atoms with E-state index in [0.29, 0.717) is 18.8 Å². The summed E-state index contributed by atoms with van der Waals surface area (Å²) in [6.07, 6.45) is -5.44. The van der Waals surface area contributed by atoms with Gasteiger partial charge in [-0.2, -0.15) is 22.0 Å². The predicted octanol–water partition coefficient (Wildman–Crippen LogP) is 6.41. The molecular weight excluding hydrogens is 634 g/mol. The van der Waals surface area contributed by atoms with Crippen molar-refractivity contribution in [2.45, 2.75) is 103 Å². The van der Waals surface area contributed by atoms with Crippen molar-refractivity contribution in [2.24, 2.45) is 11.8 Å². The zero-order chi connectivity index (χ0) is 35.3. The lowest BCUT2D eigenvalue weighted by Gasteiger charge is -2.34. The van der Waals surface area contributed by atoms with Crippen LogP contribution in [0.1, 0.15) is 84.6 Å². The number of piperidine rings is 1. The van der Waals surface area contributed by atoms with E-state index in [4.69, 9.17) is 4.74 Å². The summed E-state index contributed by atoms with van der Waals surface area (Å²) in [6.45, 7) is 8.01. The molecule has 1 aromatic rings. The highest BCUT2D eigenvalue weighted by atomic mass is 19.4. The van der Waals surface area contributed by atoms with Crippen LogP contribution in [0.15, 0.2) is 29.9 Å². The Kier molecular flexibility index (Phi) is 12.4. The largest absolute Gasteiger partial charge is 0.471 e. The summed E-state index contributed by atoms with van der Waals surface area (Å²) in [7, 11) is 0. The highest BCUT2D eigenvalue weighted by Gasteiger charge is 2.43. The van der Waals surface area contributed by atoms with Gasteiger partial charge in [0.2, 0.25) is 11.8 Å². The molecule has 1 aliphatic carbocycles. The summed E-state index contributed by atoms with van der Waals surface area (Å²) in [5.74, 6) is -5.99. The van der Waals surface area contributed by atoms with E-state index in [0.717, 1.165) is 23.8 Å². The van der Waals surface area contributed by atoms with E-state index in [2.05, 4.69) is 17.6 Å². The average molecular weight is 677 g/mol. The van der Waals surface area contributed by atoms with Crippen LogP contribution < -0.4 is 16.0 Å². The molecule has 15 heteroatoms. The van der Waals surface area contributed by atoms with Gasteiger partial charge in [0.25, 0.3) is 6.08 Å². The van der Waals surface area contributed by atoms with Crippen LogP contribution in [0.4, 0.5) is 36.8 Å². The molecule has 1 saturated heterocycles. The van der Waals surface area contributed by atoms with Gasteiger partial charge in [0.1, 0.15) is 23.5 Å². The van der Waals surface area contributed by atoms with E-state index in [9.17, 15) is 41.1 Å². The number of amides is 4. The van der Waals surface area contributed by atoms with Crippen LogP contribution in [0.3, 0.4) is 0 Å². The van der Waals surface area contributed by atoms with Crippen molar-refractivity contribution >= 4 is 29.5 Å². The molecule has 1 aromatic carbocycles. The van der Waals surface area contributed by atoms with Crippen LogP contribution in [0.25, 0.3) is 0 Å². The topological polar surface area (TPSA) is 117 Å². The molecule has 4 amide bonds. The Bertz CT molecular complexity index is 1340. The second-order valence-electron chi connectivity index (χ2n) is 13.3. The Balaban J connectivity index is 1.82. The zero-order valence-electron chi connectivity index (χ0n) is 27.0. The van der Waals surface area contributed by atoms with Gasteiger partial charge in [0, 0.05) is 19.0 Å². The number of hydrogen-bond donors (Lipinski definition) is 3. The van der Waals surface area contributed by atoms with E-state index < -0.39 is 65.5 Å². The molecule has 9 nitrogen and oxygen atoms in total. The van der Waals surface area contributed by atoms with E-state index >= 15 is 4.39 Å². The quantitative estimate of drug-likeness (QED) is 0.276. The molecule has 3 rings (SSSR count). The molecule has 2 fully saturated rings. The summed E-state index contributed by atoms with van der Waals surface area (Å²) in [5.41, 5.74) is -1.25. The maximum atomic E-state index is 15.4. The Morgan fingerprint density at radius 2 is 1.55 bits per heavy atom. The number of nitrogens with one attached hydrogen (secondary N) is 3. The number of hydrogen-bond acceptors (Lipinski definition) is 5. The summed E-state index contributed by atoms with van der Waals surface area (Å²) < 4.78 is 86.3. The molecule has 1 heterocycles. The molecule has 47 heavy (non-hydrogen) atoms. The van der Waals surface area contributed by atoms with Crippen LogP contribution in [-0.4, -0.2) is 65.7 Å². The second kappa shape index (κ2) is 15.4.